The Balaban J connectivity index is 1.68. The molecule has 7 heteroatoms. The number of hydrogen-bond acceptors (Lipinski definition) is 4. The first-order valence-electron chi connectivity index (χ1n) is 9.06. The lowest BCUT2D eigenvalue weighted by atomic mass is 10.0. The standard InChI is InChI=1S/C20H24F3N3O/c1-14(2)27-18-6-4-3-5-16(18)17-13-26(10-9-24-17)12-15-7-8-19(25-11-15)20(21,22)23/h3-8,11,14,17,24H,9-10,12-13H2,1-2H3/t17-/m0/s1. The van der Waals surface area contributed by atoms with Gasteiger partial charge in [0.15, 0.2) is 0 Å². The van der Waals surface area contributed by atoms with Gasteiger partial charge in [-0.2, -0.15) is 13.2 Å². The van der Waals surface area contributed by atoms with Crippen LogP contribution in [-0.2, 0) is 12.7 Å². The molecule has 1 aromatic heterocycles. The van der Waals surface area contributed by atoms with Crippen LogP contribution < -0.4 is 10.1 Å². The molecule has 2 heterocycles. The second-order valence-electron chi connectivity index (χ2n) is 7.00. The summed E-state index contributed by atoms with van der Waals surface area (Å²) in [5, 5.41) is 3.51. The number of ether oxygens (including phenoxy) is 1. The van der Waals surface area contributed by atoms with E-state index in [-0.39, 0.29) is 12.1 Å². The summed E-state index contributed by atoms with van der Waals surface area (Å²) in [5.41, 5.74) is 1.01. The minimum Gasteiger partial charge on any atom is -0.491 e. The number of para-hydroxylation sites is 1. The van der Waals surface area contributed by atoms with E-state index in [2.05, 4.69) is 21.3 Å². The molecule has 0 bridgehead atoms. The molecule has 0 radical (unpaired) electrons. The molecule has 1 aromatic carbocycles. The first kappa shape index (κ1) is 19.6. The van der Waals surface area contributed by atoms with E-state index in [9.17, 15) is 13.2 Å². The van der Waals surface area contributed by atoms with Crippen molar-refractivity contribution in [3.8, 4) is 5.75 Å². The molecule has 0 saturated carbocycles. The molecule has 1 atom stereocenters. The Bertz CT molecular complexity index is 747. The zero-order valence-electron chi connectivity index (χ0n) is 15.5. The third kappa shape index (κ3) is 5.20. The summed E-state index contributed by atoms with van der Waals surface area (Å²) in [6.07, 6.45) is -3.00. The SMILES string of the molecule is CC(C)Oc1ccccc1[C@@H]1CN(Cc2ccc(C(F)(F)F)nc2)CCN1. The van der Waals surface area contributed by atoms with E-state index in [0.29, 0.717) is 6.54 Å². The molecule has 3 rings (SSSR count). The lowest BCUT2D eigenvalue weighted by Gasteiger charge is -2.34. The van der Waals surface area contributed by atoms with Gasteiger partial charge in [0.25, 0.3) is 0 Å². The third-order valence-electron chi connectivity index (χ3n) is 4.44. The maximum atomic E-state index is 12.7. The highest BCUT2D eigenvalue weighted by Crippen LogP contribution is 2.29. The van der Waals surface area contributed by atoms with Gasteiger partial charge in [-0.25, -0.2) is 0 Å². The van der Waals surface area contributed by atoms with E-state index >= 15 is 0 Å². The monoisotopic (exact) mass is 379 g/mol. The molecular formula is C20H24F3N3O. The number of aromatic nitrogens is 1. The van der Waals surface area contributed by atoms with Crippen LogP contribution in [0.3, 0.4) is 0 Å². The molecule has 1 saturated heterocycles. The minimum atomic E-state index is -4.40. The van der Waals surface area contributed by atoms with Crippen LogP contribution in [0.15, 0.2) is 42.6 Å². The Labute approximate surface area is 157 Å². The van der Waals surface area contributed by atoms with Crippen LogP contribution in [0.2, 0.25) is 0 Å². The highest BCUT2D eigenvalue weighted by Gasteiger charge is 2.32. The quantitative estimate of drug-likeness (QED) is 0.851. The van der Waals surface area contributed by atoms with Crippen molar-refractivity contribution in [3.05, 3.63) is 59.4 Å². The molecule has 0 amide bonds. The largest absolute Gasteiger partial charge is 0.491 e. The lowest BCUT2D eigenvalue weighted by molar-refractivity contribution is -0.141. The van der Waals surface area contributed by atoms with E-state index < -0.39 is 11.9 Å². The van der Waals surface area contributed by atoms with Gasteiger partial charge in [-0.15, -0.1) is 0 Å². The van der Waals surface area contributed by atoms with Gasteiger partial charge in [0.05, 0.1) is 6.10 Å². The summed E-state index contributed by atoms with van der Waals surface area (Å²) < 4.78 is 43.9. The smallest absolute Gasteiger partial charge is 0.433 e. The van der Waals surface area contributed by atoms with Crippen LogP contribution >= 0.6 is 0 Å². The normalized spacial score (nSPS) is 18.7. The number of nitrogens with zero attached hydrogens (tertiary/aromatic N) is 2. The van der Waals surface area contributed by atoms with Crippen LogP contribution in [0.25, 0.3) is 0 Å². The number of hydrogen-bond donors (Lipinski definition) is 1. The van der Waals surface area contributed by atoms with Crippen molar-refractivity contribution in [1.82, 2.24) is 15.2 Å². The highest BCUT2D eigenvalue weighted by molar-refractivity contribution is 5.36. The average molecular weight is 379 g/mol. The lowest BCUT2D eigenvalue weighted by Crippen LogP contribution is -2.45. The number of benzene rings is 1. The number of rotatable bonds is 5. The van der Waals surface area contributed by atoms with Gasteiger partial charge in [0, 0.05) is 44.0 Å². The fourth-order valence-corrected chi connectivity index (χ4v) is 3.24. The molecular weight excluding hydrogens is 355 g/mol. The molecule has 4 nitrogen and oxygen atoms in total. The molecule has 1 fully saturated rings. The van der Waals surface area contributed by atoms with Crippen molar-refractivity contribution >= 4 is 0 Å². The van der Waals surface area contributed by atoms with Gasteiger partial charge in [-0.1, -0.05) is 24.3 Å². The summed E-state index contributed by atoms with van der Waals surface area (Å²) in [5.74, 6) is 0.864. The fraction of sp³-hybridized carbons (Fsp3) is 0.450. The topological polar surface area (TPSA) is 37.4 Å². The molecule has 27 heavy (non-hydrogen) atoms. The van der Waals surface area contributed by atoms with Gasteiger partial charge < -0.3 is 10.1 Å². The second-order valence-corrected chi connectivity index (χ2v) is 7.00. The van der Waals surface area contributed by atoms with Crippen LogP contribution in [0.1, 0.15) is 36.7 Å². The Morgan fingerprint density at radius 1 is 1.22 bits per heavy atom. The average Bonchev–Trinajstić information content (AvgIpc) is 2.62. The summed E-state index contributed by atoms with van der Waals surface area (Å²) in [7, 11) is 0. The Morgan fingerprint density at radius 2 is 2.00 bits per heavy atom. The van der Waals surface area contributed by atoms with Gasteiger partial charge in [0.1, 0.15) is 11.4 Å². The summed E-state index contributed by atoms with van der Waals surface area (Å²) in [6, 6.07) is 10.6. The first-order chi connectivity index (χ1) is 12.8. The zero-order chi connectivity index (χ0) is 19.4. The predicted molar refractivity (Wildman–Crippen MR) is 97.5 cm³/mol. The van der Waals surface area contributed by atoms with Crippen LogP contribution in [0.5, 0.6) is 5.75 Å². The van der Waals surface area contributed by atoms with Gasteiger partial charge in [-0.3, -0.25) is 9.88 Å². The third-order valence-corrected chi connectivity index (χ3v) is 4.44. The molecule has 2 aromatic rings. The maximum absolute atomic E-state index is 12.7. The van der Waals surface area contributed by atoms with E-state index in [1.807, 2.05) is 32.0 Å². The number of pyridine rings is 1. The Hall–Kier alpha value is -2.12. The Kier molecular flexibility index (Phi) is 6.01. The van der Waals surface area contributed by atoms with Gasteiger partial charge >= 0.3 is 6.18 Å². The van der Waals surface area contributed by atoms with Crippen LogP contribution in [0.4, 0.5) is 13.2 Å². The van der Waals surface area contributed by atoms with Crippen molar-refractivity contribution < 1.29 is 17.9 Å². The second kappa shape index (κ2) is 8.27. The van der Waals surface area contributed by atoms with Gasteiger partial charge in [-0.05, 0) is 31.5 Å². The molecule has 1 aliphatic heterocycles. The molecule has 0 spiro atoms. The summed E-state index contributed by atoms with van der Waals surface area (Å²) in [4.78, 5) is 5.77. The number of piperazine rings is 1. The van der Waals surface area contributed by atoms with E-state index in [0.717, 1.165) is 42.6 Å². The predicted octanol–water partition coefficient (Wildman–Crippen LogP) is 4.03. The van der Waals surface area contributed by atoms with Crippen molar-refractivity contribution in [2.45, 2.75) is 38.7 Å². The summed E-state index contributed by atoms with van der Waals surface area (Å²) >= 11 is 0. The van der Waals surface area contributed by atoms with Crippen molar-refractivity contribution in [1.29, 1.82) is 0 Å². The van der Waals surface area contributed by atoms with Crippen molar-refractivity contribution in [3.63, 3.8) is 0 Å². The van der Waals surface area contributed by atoms with E-state index in [4.69, 9.17) is 4.74 Å². The number of alkyl halides is 3. The Morgan fingerprint density at radius 3 is 2.67 bits per heavy atom. The number of nitrogens with one attached hydrogen (secondary N) is 1. The molecule has 1 aliphatic rings. The molecule has 146 valence electrons. The van der Waals surface area contributed by atoms with E-state index in [1.54, 1.807) is 0 Å². The van der Waals surface area contributed by atoms with Crippen molar-refractivity contribution in [2.24, 2.45) is 0 Å². The maximum Gasteiger partial charge on any atom is 0.433 e. The fourth-order valence-electron chi connectivity index (χ4n) is 3.24. The number of halogens is 3. The molecule has 0 aliphatic carbocycles. The minimum absolute atomic E-state index is 0.0871. The van der Waals surface area contributed by atoms with Crippen LogP contribution in [-0.4, -0.2) is 35.6 Å². The molecule has 1 N–H and O–H groups in total. The van der Waals surface area contributed by atoms with Gasteiger partial charge in [0.2, 0.25) is 0 Å². The summed E-state index contributed by atoms with van der Waals surface area (Å²) in [6.45, 7) is 6.93. The van der Waals surface area contributed by atoms with Crippen LogP contribution in [0, 0.1) is 0 Å². The van der Waals surface area contributed by atoms with E-state index in [1.165, 1.54) is 12.3 Å². The van der Waals surface area contributed by atoms with Crippen molar-refractivity contribution in [2.75, 3.05) is 19.6 Å². The highest BCUT2D eigenvalue weighted by atomic mass is 19.4. The zero-order valence-corrected chi connectivity index (χ0v) is 15.5. The first-order valence-corrected chi connectivity index (χ1v) is 9.06. The molecule has 0 unspecified atom stereocenters.